The van der Waals surface area contributed by atoms with Crippen molar-refractivity contribution in [1.82, 2.24) is 15.1 Å². The van der Waals surface area contributed by atoms with E-state index in [9.17, 15) is 4.79 Å². The summed E-state index contributed by atoms with van der Waals surface area (Å²) in [5.41, 5.74) is 1.29. The van der Waals surface area contributed by atoms with Crippen LogP contribution in [0.4, 0.5) is 0 Å². The lowest BCUT2D eigenvalue weighted by molar-refractivity contribution is 0.0945. The minimum absolute atomic E-state index is 0.0584. The molecule has 2 heterocycles. The predicted molar refractivity (Wildman–Crippen MR) is 77.3 cm³/mol. The van der Waals surface area contributed by atoms with E-state index in [0.717, 1.165) is 10.4 Å². The number of carbonyl (C=O) groups excluding carboxylic acids is 1. The maximum absolute atomic E-state index is 11.9. The standard InChI is InChI=1S/C14H15N3O2S/c1-17-7-5-12(16-17)14(19)15-10-13-11(6-9-20-13)4-2-3-8-18/h5-7,9,18H,3,8,10H2,1H3,(H,15,19). The van der Waals surface area contributed by atoms with Gasteiger partial charge >= 0.3 is 0 Å². The first-order chi connectivity index (χ1) is 9.70. The second-order valence-electron chi connectivity index (χ2n) is 4.09. The van der Waals surface area contributed by atoms with Gasteiger partial charge in [-0.25, -0.2) is 0 Å². The summed E-state index contributed by atoms with van der Waals surface area (Å²) in [6.07, 6.45) is 2.18. The van der Waals surface area contributed by atoms with Crippen molar-refractivity contribution in [2.45, 2.75) is 13.0 Å². The van der Waals surface area contributed by atoms with Crippen LogP contribution >= 0.6 is 11.3 Å². The fourth-order valence-electron chi connectivity index (χ4n) is 1.59. The summed E-state index contributed by atoms with van der Waals surface area (Å²) in [5, 5.41) is 17.5. The molecule has 0 bridgehead atoms. The highest BCUT2D eigenvalue weighted by Crippen LogP contribution is 2.15. The Morgan fingerprint density at radius 2 is 2.40 bits per heavy atom. The van der Waals surface area contributed by atoms with Gasteiger partial charge in [-0.05, 0) is 17.5 Å². The molecule has 5 nitrogen and oxygen atoms in total. The quantitative estimate of drug-likeness (QED) is 0.830. The van der Waals surface area contributed by atoms with Crippen LogP contribution < -0.4 is 5.32 Å². The lowest BCUT2D eigenvalue weighted by Crippen LogP contribution is -2.23. The van der Waals surface area contributed by atoms with E-state index in [1.165, 1.54) is 0 Å². The molecule has 0 fully saturated rings. The molecule has 2 N–H and O–H groups in total. The molecule has 0 aromatic carbocycles. The van der Waals surface area contributed by atoms with E-state index < -0.39 is 0 Å². The van der Waals surface area contributed by atoms with Crippen molar-refractivity contribution in [3.63, 3.8) is 0 Å². The molecule has 6 heteroatoms. The predicted octanol–water partition coefficient (Wildman–Crippen LogP) is 1.15. The van der Waals surface area contributed by atoms with Gasteiger partial charge in [-0.3, -0.25) is 9.48 Å². The van der Waals surface area contributed by atoms with Gasteiger partial charge in [0.1, 0.15) is 5.69 Å². The molecule has 0 radical (unpaired) electrons. The van der Waals surface area contributed by atoms with Crippen LogP contribution in [0.15, 0.2) is 23.7 Å². The Bertz CT molecular complexity index is 649. The zero-order valence-corrected chi connectivity index (χ0v) is 11.9. The molecule has 0 atom stereocenters. The smallest absolute Gasteiger partial charge is 0.272 e. The van der Waals surface area contributed by atoms with E-state index >= 15 is 0 Å². The van der Waals surface area contributed by atoms with Crippen LogP contribution in [0, 0.1) is 11.8 Å². The van der Waals surface area contributed by atoms with Gasteiger partial charge in [0.05, 0.1) is 13.2 Å². The van der Waals surface area contributed by atoms with Crippen LogP contribution in [0.25, 0.3) is 0 Å². The fourth-order valence-corrected chi connectivity index (χ4v) is 2.36. The molecule has 20 heavy (non-hydrogen) atoms. The molecule has 0 aliphatic carbocycles. The van der Waals surface area contributed by atoms with Crippen LogP contribution in [-0.2, 0) is 13.6 Å². The number of nitrogens with zero attached hydrogens (tertiary/aromatic N) is 2. The van der Waals surface area contributed by atoms with Gasteiger partial charge in [-0.15, -0.1) is 11.3 Å². The lowest BCUT2D eigenvalue weighted by atomic mass is 10.2. The molecule has 2 aromatic rings. The molecule has 0 aliphatic heterocycles. The summed E-state index contributed by atoms with van der Waals surface area (Å²) in [4.78, 5) is 12.9. The topological polar surface area (TPSA) is 67.2 Å². The molecule has 2 rings (SSSR count). The molecule has 0 unspecified atom stereocenters. The average Bonchev–Trinajstić information content (AvgIpc) is 3.05. The minimum Gasteiger partial charge on any atom is -0.395 e. The Hall–Kier alpha value is -2.10. The first-order valence-corrected chi connectivity index (χ1v) is 7.02. The van der Waals surface area contributed by atoms with Crippen molar-refractivity contribution in [2.24, 2.45) is 7.05 Å². The lowest BCUT2D eigenvalue weighted by Gasteiger charge is -2.01. The number of aliphatic hydroxyl groups excluding tert-OH is 1. The minimum atomic E-state index is -0.201. The highest BCUT2D eigenvalue weighted by molar-refractivity contribution is 7.10. The Kier molecular flexibility index (Phi) is 4.93. The van der Waals surface area contributed by atoms with Crippen LogP contribution in [0.2, 0.25) is 0 Å². The van der Waals surface area contributed by atoms with Gasteiger partial charge in [-0.2, -0.15) is 5.10 Å². The van der Waals surface area contributed by atoms with Gasteiger partial charge in [0, 0.05) is 30.1 Å². The highest BCUT2D eigenvalue weighted by atomic mass is 32.1. The van der Waals surface area contributed by atoms with Crippen molar-refractivity contribution in [3.8, 4) is 11.8 Å². The Balaban J connectivity index is 1.96. The molecule has 0 saturated carbocycles. The highest BCUT2D eigenvalue weighted by Gasteiger charge is 2.09. The first kappa shape index (κ1) is 14.3. The molecular formula is C14H15N3O2S. The maximum Gasteiger partial charge on any atom is 0.272 e. The van der Waals surface area contributed by atoms with Crippen molar-refractivity contribution in [3.05, 3.63) is 39.8 Å². The van der Waals surface area contributed by atoms with Gasteiger partial charge in [0.2, 0.25) is 0 Å². The van der Waals surface area contributed by atoms with Gasteiger partial charge in [0.25, 0.3) is 5.91 Å². The summed E-state index contributed by atoms with van der Waals surface area (Å²) >= 11 is 1.54. The Labute approximate surface area is 121 Å². The van der Waals surface area contributed by atoms with Gasteiger partial charge < -0.3 is 10.4 Å². The monoisotopic (exact) mass is 289 g/mol. The van der Waals surface area contributed by atoms with Crippen LogP contribution in [0.3, 0.4) is 0 Å². The molecule has 2 aromatic heterocycles. The number of hydrogen-bond donors (Lipinski definition) is 2. The second-order valence-corrected chi connectivity index (χ2v) is 5.09. The Morgan fingerprint density at radius 3 is 3.10 bits per heavy atom. The average molecular weight is 289 g/mol. The molecule has 0 saturated heterocycles. The third kappa shape index (κ3) is 3.70. The summed E-state index contributed by atoms with van der Waals surface area (Å²) in [7, 11) is 1.77. The van der Waals surface area contributed by atoms with Crippen molar-refractivity contribution in [2.75, 3.05) is 6.61 Å². The van der Waals surface area contributed by atoms with E-state index in [-0.39, 0.29) is 12.5 Å². The molecule has 0 spiro atoms. The molecule has 104 valence electrons. The second kappa shape index (κ2) is 6.89. The summed E-state index contributed by atoms with van der Waals surface area (Å²) in [6.45, 7) is 0.485. The number of thiophene rings is 1. The normalized spacial score (nSPS) is 9.90. The fraction of sp³-hybridized carbons (Fsp3) is 0.286. The van der Waals surface area contributed by atoms with Crippen molar-refractivity contribution >= 4 is 17.2 Å². The van der Waals surface area contributed by atoms with Gasteiger partial charge in [0.15, 0.2) is 0 Å². The zero-order chi connectivity index (χ0) is 14.4. The number of carbonyl (C=O) groups is 1. The third-order valence-electron chi connectivity index (χ3n) is 2.56. The number of amides is 1. The summed E-state index contributed by atoms with van der Waals surface area (Å²) < 4.78 is 1.59. The van der Waals surface area contributed by atoms with Crippen molar-refractivity contribution in [1.29, 1.82) is 0 Å². The van der Waals surface area contributed by atoms with Gasteiger partial charge in [-0.1, -0.05) is 11.8 Å². The van der Waals surface area contributed by atoms with E-state index in [2.05, 4.69) is 22.3 Å². The SMILES string of the molecule is Cn1ccc(C(=O)NCc2sccc2C#CCCO)n1. The van der Waals surface area contributed by atoms with E-state index in [1.807, 2.05) is 11.4 Å². The maximum atomic E-state index is 11.9. The summed E-state index contributed by atoms with van der Waals surface area (Å²) in [5.74, 6) is 5.67. The van der Waals surface area contributed by atoms with E-state index in [4.69, 9.17) is 5.11 Å². The van der Waals surface area contributed by atoms with Crippen LogP contribution in [0.5, 0.6) is 0 Å². The Morgan fingerprint density at radius 1 is 1.55 bits per heavy atom. The number of aryl methyl sites for hydroxylation is 1. The number of aliphatic hydroxyl groups is 1. The number of rotatable bonds is 4. The largest absolute Gasteiger partial charge is 0.395 e. The van der Waals surface area contributed by atoms with E-state index in [0.29, 0.717) is 18.7 Å². The molecule has 0 aliphatic rings. The molecular weight excluding hydrogens is 274 g/mol. The van der Waals surface area contributed by atoms with E-state index in [1.54, 1.807) is 35.3 Å². The number of hydrogen-bond acceptors (Lipinski definition) is 4. The van der Waals surface area contributed by atoms with Crippen LogP contribution in [0.1, 0.15) is 27.3 Å². The molecule has 1 amide bonds. The summed E-state index contributed by atoms with van der Waals surface area (Å²) in [6, 6.07) is 3.59. The number of aromatic nitrogens is 2. The zero-order valence-electron chi connectivity index (χ0n) is 11.1. The third-order valence-corrected chi connectivity index (χ3v) is 3.48. The van der Waals surface area contributed by atoms with Crippen LogP contribution in [-0.4, -0.2) is 27.4 Å². The first-order valence-electron chi connectivity index (χ1n) is 6.14. The number of nitrogens with one attached hydrogen (secondary N) is 1. The van der Waals surface area contributed by atoms with Crippen molar-refractivity contribution < 1.29 is 9.90 Å².